The number of hydrogen-bond donors (Lipinski definition) is 0. The molecule has 5 nitrogen and oxygen atoms in total. The van der Waals surface area contributed by atoms with Gasteiger partial charge in [0.15, 0.2) is 0 Å². The Balaban J connectivity index is 2.28. The van der Waals surface area contributed by atoms with Crippen LogP contribution in [-0.4, -0.2) is 18.2 Å². The van der Waals surface area contributed by atoms with Crippen molar-refractivity contribution in [3.63, 3.8) is 0 Å². The summed E-state index contributed by atoms with van der Waals surface area (Å²) >= 11 is 0. The number of hydrogen-bond acceptors (Lipinski definition) is 3. The van der Waals surface area contributed by atoms with Crippen molar-refractivity contribution in [1.82, 2.24) is 4.98 Å². The molecule has 1 atom stereocenters. The Morgan fingerprint density at radius 3 is 3.12 bits per heavy atom. The monoisotopic (exact) mass is 232 g/mol. The normalized spacial score (nSPS) is 23.4. The minimum atomic E-state index is 0.0480. The van der Waals surface area contributed by atoms with Gasteiger partial charge >= 0.3 is 0 Å². The minimum Gasteiger partial charge on any atom is -0.380 e. The lowest BCUT2D eigenvalue weighted by Gasteiger charge is -2.25. The smallest absolute Gasteiger partial charge is 0.0684 e. The average molecular weight is 232 g/mol. The predicted molar refractivity (Wildman–Crippen MR) is 64.5 cm³/mol. The van der Waals surface area contributed by atoms with Gasteiger partial charge in [0.05, 0.1) is 13.2 Å². The molecule has 1 aliphatic rings. The maximum Gasteiger partial charge on any atom is 0.0684 e. The second kappa shape index (κ2) is 5.17. The zero-order valence-electron chi connectivity index (χ0n) is 9.96. The number of aromatic nitrogens is 1. The van der Waals surface area contributed by atoms with E-state index in [4.69, 9.17) is 10.3 Å². The number of ether oxygens (including phenoxy) is 1. The first kappa shape index (κ1) is 11.9. The zero-order valence-corrected chi connectivity index (χ0v) is 9.96. The van der Waals surface area contributed by atoms with Crippen molar-refractivity contribution >= 4 is 0 Å². The van der Waals surface area contributed by atoms with Crippen molar-refractivity contribution in [2.45, 2.75) is 31.7 Å². The van der Waals surface area contributed by atoms with Crippen LogP contribution in [0.4, 0.5) is 0 Å². The van der Waals surface area contributed by atoms with Crippen LogP contribution in [0.2, 0.25) is 0 Å². The first-order valence-electron chi connectivity index (χ1n) is 5.86. The third-order valence-electron chi connectivity index (χ3n) is 3.43. The fourth-order valence-corrected chi connectivity index (χ4v) is 2.24. The van der Waals surface area contributed by atoms with Gasteiger partial charge < -0.3 is 4.74 Å². The molecule has 2 rings (SSSR count). The van der Waals surface area contributed by atoms with Crippen LogP contribution in [0.1, 0.15) is 31.2 Å². The Morgan fingerprint density at radius 2 is 2.47 bits per heavy atom. The summed E-state index contributed by atoms with van der Waals surface area (Å²) in [6.45, 7) is 4.01. The lowest BCUT2D eigenvalue weighted by molar-refractivity contribution is 0.174. The zero-order chi connectivity index (χ0) is 12.1. The molecule has 1 unspecified atom stereocenters. The van der Waals surface area contributed by atoms with Gasteiger partial charge in [0.2, 0.25) is 0 Å². The van der Waals surface area contributed by atoms with Crippen LogP contribution in [0.3, 0.4) is 0 Å². The molecule has 0 bridgehead atoms. The van der Waals surface area contributed by atoms with Gasteiger partial charge in [-0.15, -0.1) is 0 Å². The van der Waals surface area contributed by atoms with Crippen LogP contribution >= 0.6 is 0 Å². The molecule has 17 heavy (non-hydrogen) atoms. The fraction of sp³-hybridized carbons (Fsp3) is 0.583. The van der Waals surface area contributed by atoms with Crippen molar-refractivity contribution in [3.8, 4) is 0 Å². The van der Waals surface area contributed by atoms with Crippen molar-refractivity contribution in [1.29, 1.82) is 0 Å². The topological polar surface area (TPSA) is 70.9 Å². The van der Waals surface area contributed by atoms with Crippen LogP contribution in [0.25, 0.3) is 10.4 Å². The summed E-state index contributed by atoms with van der Waals surface area (Å²) in [6.07, 6.45) is 2.03. The molecular weight excluding hydrogens is 216 g/mol. The molecule has 0 radical (unpaired) electrons. The van der Waals surface area contributed by atoms with E-state index >= 15 is 0 Å². The molecule has 1 fully saturated rings. The lowest BCUT2D eigenvalue weighted by Crippen LogP contribution is -2.27. The van der Waals surface area contributed by atoms with Gasteiger partial charge in [-0.2, -0.15) is 0 Å². The minimum absolute atomic E-state index is 0.0480. The number of rotatable bonds is 4. The molecule has 1 aromatic rings. The van der Waals surface area contributed by atoms with Crippen molar-refractivity contribution < 1.29 is 4.74 Å². The highest BCUT2D eigenvalue weighted by Gasteiger charge is 2.36. The van der Waals surface area contributed by atoms with Crippen LogP contribution in [0.15, 0.2) is 23.3 Å². The summed E-state index contributed by atoms with van der Waals surface area (Å²) < 4.78 is 5.50. The van der Waals surface area contributed by atoms with Gasteiger partial charge in [-0.1, -0.05) is 18.1 Å². The van der Waals surface area contributed by atoms with Gasteiger partial charge in [0, 0.05) is 28.3 Å². The molecule has 1 aromatic heterocycles. The van der Waals surface area contributed by atoms with E-state index in [9.17, 15) is 0 Å². The predicted octanol–water partition coefficient (Wildman–Crippen LogP) is 2.96. The van der Waals surface area contributed by atoms with Gasteiger partial charge in [-0.05, 0) is 30.5 Å². The van der Waals surface area contributed by atoms with E-state index in [1.54, 1.807) is 0 Å². The highest BCUT2D eigenvalue weighted by atomic mass is 16.5. The Hall–Kier alpha value is -1.58. The van der Waals surface area contributed by atoms with Gasteiger partial charge in [0.1, 0.15) is 0 Å². The van der Waals surface area contributed by atoms with E-state index in [1.165, 1.54) is 0 Å². The molecule has 0 aromatic carbocycles. The SMILES string of the molecule is CCC1(c2cccc(CN=[N+]=[N-])n2)CCOC1. The maximum absolute atomic E-state index is 8.32. The molecule has 5 heteroatoms. The first-order valence-corrected chi connectivity index (χ1v) is 5.86. The Morgan fingerprint density at radius 1 is 1.59 bits per heavy atom. The van der Waals surface area contributed by atoms with Crippen molar-refractivity contribution in [2.75, 3.05) is 13.2 Å². The number of pyridine rings is 1. The van der Waals surface area contributed by atoms with Crippen molar-refractivity contribution in [2.24, 2.45) is 5.11 Å². The second-order valence-corrected chi connectivity index (χ2v) is 4.34. The highest BCUT2D eigenvalue weighted by Crippen LogP contribution is 2.35. The maximum atomic E-state index is 8.32. The standard InChI is InChI=1S/C12H16N4O/c1-2-12(6-7-17-9-12)11-5-3-4-10(15-11)8-14-16-13/h3-5H,2,6-9H2,1H3. The second-order valence-electron chi connectivity index (χ2n) is 4.34. The number of azide groups is 1. The van der Waals surface area contributed by atoms with E-state index in [0.29, 0.717) is 6.54 Å². The van der Waals surface area contributed by atoms with Crippen LogP contribution < -0.4 is 0 Å². The highest BCUT2D eigenvalue weighted by molar-refractivity contribution is 5.21. The van der Waals surface area contributed by atoms with Crippen LogP contribution in [0, 0.1) is 0 Å². The summed E-state index contributed by atoms with van der Waals surface area (Å²) in [5.41, 5.74) is 10.2. The molecule has 0 amide bonds. The summed E-state index contributed by atoms with van der Waals surface area (Å²) in [6, 6.07) is 5.90. The summed E-state index contributed by atoms with van der Waals surface area (Å²) in [7, 11) is 0. The van der Waals surface area contributed by atoms with Crippen LogP contribution in [0.5, 0.6) is 0 Å². The van der Waals surface area contributed by atoms with Gasteiger partial charge in [-0.25, -0.2) is 0 Å². The van der Waals surface area contributed by atoms with Crippen molar-refractivity contribution in [3.05, 3.63) is 40.0 Å². The quantitative estimate of drug-likeness (QED) is 0.455. The summed E-state index contributed by atoms with van der Waals surface area (Å²) in [4.78, 5) is 7.35. The van der Waals surface area contributed by atoms with E-state index in [0.717, 1.165) is 37.4 Å². The third kappa shape index (κ3) is 2.40. The lowest BCUT2D eigenvalue weighted by atomic mass is 9.81. The molecule has 0 aliphatic carbocycles. The largest absolute Gasteiger partial charge is 0.380 e. The van der Waals surface area contributed by atoms with Gasteiger partial charge in [-0.3, -0.25) is 4.98 Å². The van der Waals surface area contributed by atoms with Crippen LogP contribution in [-0.2, 0) is 16.7 Å². The molecule has 1 saturated heterocycles. The van der Waals surface area contributed by atoms with E-state index in [-0.39, 0.29) is 5.41 Å². The molecule has 0 spiro atoms. The molecule has 0 N–H and O–H groups in total. The number of nitrogens with zero attached hydrogens (tertiary/aromatic N) is 4. The van der Waals surface area contributed by atoms with Gasteiger partial charge in [0.25, 0.3) is 0 Å². The molecule has 0 saturated carbocycles. The Labute approximate surface area is 100 Å². The van der Waals surface area contributed by atoms with E-state index < -0.39 is 0 Å². The molecular formula is C12H16N4O. The average Bonchev–Trinajstić information content (AvgIpc) is 2.87. The summed E-state index contributed by atoms with van der Waals surface area (Å²) in [5.74, 6) is 0. The molecule has 1 aliphatic heterocycles. The van der Waals surface area contributed by atoms with E-state index in [2.05, 4.69) is 21.9 Å². The van der Waals surface area contributed by atoms with E-state index in [1.807, 2.05) is 18.2 Å². The molecule has 2 heterocycles. The molecule has 90 valence electrons. The third-order valence-corrected chi connectivity index (χ3v) is 3.43. The first-order chi connectivity index (χ1) is 8.30. The Bertz CT molecular complexity index is 434. The summed E-state index contributed by atoms with van der Waals surface area (Å²) in [5, 5.41) is 3.55. The Kier molecular flexibility index (Phi) is 3.61. The fourth-order valence-electron chi connectivity index (χ4n) is 2.24.